The van der Waals surface area contributed by atoms with Gasteiger partial charge in [-0.25, -0.2) is 0 Å². The predicted octanol–water partition coefficient (Wildman–Crippen LogP) is 2.69. The van der Waals surface area contributed by atoms with Crippen LogP contribution in [0.2, 0.25) is 0 Å². The molecule has 8 nitrogen and oxygen atoms in total. The molecule has 26 heavy (non-hydrogen) atoms. The van der Waals surface area contributed by atoms with Crippen LogP contribution in [-0.4, -0.2) is 28.5 Å². The lowest BCUT2D eigenvalue weighted by molar-refractivity contribution is -0.386. The maximum absolute atomic E-state index is 12.2. The lowest BCUT2D eigenvalue weighted by Gasteiger charge is -2.12. The molecule has 2 rings (SSSR count). The number of nitro groups is 1. The van der Waals surface area contributed by atoms with Gasteiger partial charge in [0, 0.05) is 6.54 Å². The molecule has 0 spiro atoms. The summed E-state index contributed by atoms with van der Waals surface area (Å²) in [7, 11) is 0. The molecule has 0 saturated carbocycles. The molecule has 0 saturated heterocycles. The number of carboxylic acids is 1. The van der Waals surface area contributed by atoms with Crippen molar-refractivity contribution in [2.24, 2.45) is 0 Å². The molecule has 0 radical (unpaired) electrons. The Balaban J connectivity index is 2.28. The number of aryl methyl sites for hydroxylation is 1. The predicted molar refractivity (Wildman–Crippen MR) is 93.2 cm³/mol. The van der Waals surface area contributed by atoms with E-state index in [1.807, 2.05) is 30.3 Å². The van der Waals surface area contributed by atoms with Crippen molar-refractivity contribution < 1.29 is 24.4 Å². The first-order valence-electron chi connectivity index (χ1n) is 7.85. The second kappa shape index (κ2) is 8.61. The molecule has 0 heterocycles. The van der Waals surface area contributed by atoms with Gasteiger partial charge in [-0.15, -0.1) is 0 Å². The van der Waals surface area contributed by atoms with Crippen molar-refractivity contribution in [1.29, 1.82) is 0 Å². The number of carboxylic acid groups (broad SMARTS) is 1. The third-order valence-corrected chi connectivity index (χ3v) is 3.61. The Bertz CT molecular complexity index is 820. The van der Waals surface area contributed by atoms with E-state index in [0.717, 1.165) is 5.56 Å². The van der Waals surface area contributed by atoms with Crippen LogP contribution in [0.5, 0.6) is 5.75 Å². The number of carbonyl (C=O) groups excluding carboxylic acids is 1. The van der Waals surface area contributed by atoms with Gasteiger partial charge in [0.15, 0.2) is 0 Å². The molecule has 0 aliphatic carbocycles. The Morgan fingerprint density at radius 2 is 1.88 bits per heavy atom. The fraction of sp³-hybridized carbons (Fsp3) is 0.222. The van der Waals surface area contributed by atoms with Crippen LogP contribution in [0.15, 0.2) is 42.5 Å². The summed E-state index contributed by atoms with van der Waals surface area (Å²) >= 11 is 0. The molecule has 136 valence electrons. The molecule has 0 aliphatic heterocycles. The number of hydrogen-bond acceptors (Lipinski definition) is 5. The molecule has 2 aromatic rings. The van der Waals surface area contributed by atoms with Crippen LogP contribution in [-0.2, 0) is 11.4 Å². The lowest BCUT2D eigenvalue weighted by atomic mass is 10.1. The van der Waals surface area contributed by atoms with Gasteiger partial charge in [-0.1, -0.05) is 36.4 Å². The normalized spacial score (nSPS) is 10.2. The minimum absolute atomic E-state index is 0.0183. The summed E-state index contributed by atoms with van der Waals surface area (Å²) in [6.07, 6.45) is -0.275. The summed E-state index contributed by atoms with van der Waals surface area (Å²) in [6.45, 7) is 1.64. The molecule has 0 unspecified atom stereocenters. The first-order valence-corrected chi connectivity index (χ1v) is 7.85. The first kappa shape index (κ1) is 18.9. The minimum Gasteiger partial charge on any atom is -0.482 e. The second-order valence-electron chi connectivity index (χ2n) is 5.54. The van der Waals surface area contributed by atoms with Gasteiger partial charge in [0.2, 0.25) is 5.75 Å². The summed E-state index contributed by atoms with van der Waals surface area (Å²) in [6, 6.07) is 12.0. The van der Waals surface area contributed by atoms with Gasteiger partial charge in [0.25, 0.3) is 5.91 Å². The average Bonchev–Trinajstić information content (AvgIpc) is 2.60. The van der Waals surface area contributed by atoms with E-state index in [2.05, 4.69) is 5.32 Å². The van der Waals surface area contributed by atoms with Gasteiger partial charge in [0.1, 0.15) is 12.2 Å². The zero-order valence-corrected chi connectivity index (χ0v) is 14.1. The van der Waals surface area contributed by atoms with Crippen molar-refractivity contribution in [3.8, 4) is 5.75 Å². The number of carbonyl (C=O) groups is 2. The molecule has 0 bridgehead atoms. The molecular formula is C18H18N2O6. The Labute approximate surface area is 149 Å². The Hall–Kier alpha value is -3.42. The molecule has 0 atom stereocenters. The maximum atomic E-state index is 12.2. The van der Waals surface area contributed by atoms with Crippen molar-refractivity contribution in [3.63, 3.8) is 0 Å². The third kappa shape index (κ3) is 4.79. The van der Waals surface area contributed by atoms with E-state index in [9.17, 15) is 19.7 Å². The zero-order chi connectivity index (χ0) is 19.1. The molecule has 2 N–H and O–H groups in total. The third-order valence-electron chi connectivity index (χ3n) is 3.61. The number of ether oxygens (including phenoxy) is 1. The minimum atomic E-state index is -1.07. The Kier molecular flexibility index (Phi) is 6.26. The Morgan fingerprint density at radius 1 is 1.19 bits per heavy atom. The van der Waals surface area contributed by atoms with Crippen LogP contribution < -0.4 is 10.1 Å². The fourth-order valence-corrected chi connectivity index (χ4v) is 2.33. The highest BCUT2D eigenvalue weighted by Gasteiger charge is 2.27. The molecule has 1 amide bonds. The number of amides is 1. The van der Waals surface area contributed by atoms with E-state index in [1.54, 1.807) is 13.0 Å². The molecule has 2 aromatic carbocycles. The number of benzene rings is 2. The first-order chi connectivity index (χ1) is 12.4. The molecule has 0 aromatic heterocycles. The summed E-state index contributed by atoms with van der Waals surface area (Å²) in [5.74, 6) is -1.78. The number of hydrogen-bond donors (Lipinski definition) is 2. The van der Waals surface area contributed by atoms with Crippen LogP contribution in [0.3, 0.4) is 0 Å². The highest BCUT2D eigenvalue weighted by Crippen LogP contribution is 2.35. The van der Waals surface area contributed by atoms with E-state index in [4.69, 9.17) is 9.84 Å². The maximum Gasteiger partial charge on any atom is 0.323 e. The van der Waals surface area contributed by atoms with Crippen LogP contribution in [0.25, 0.3) is 0 Å². The van der Waals surface area contributed by atoms with Crippen LogP contribution >= 0.6 is 0 Å². The summed E-state index contributed by atoms with van der Waals surface area (Å²) in [5, 5.41) is 22.5. The van der Waals surface area contributed by atoms with Crippen molar-refractivity contribution in [3.05, 3.63) is 69.3 Å². The monoisotopic (exact) mass is 358 g/mol. The molecule has 0 aliphatic rings. The highest BCUT2D eigenvalue weighted by molar-refractivity contribution is 5.99. The molecular weight excluding hydrogens is 340 g/mol. The van der Waals surface area contributed by atoms with E-state index in [0.29, 0.717) is 5.56 Å². The zero-order valence-electron chi connectivity index (χ0n) is 14.1. The quantitative estimate of drug-likeness (QED) is 0.553. The van der Waals surface area contributed by atoms with Crippen LogP contribution in [0.4, 0.5) is 5.69 Å². The smallest absolute Gasteiger partial charge is 0.323 e. The van der Waals surface area contributed by atoms with Gasteiger partial charge < -0.3 is 15.2 Å². The number of nitrogens with zero attached hydrogens (tertiary/aromatic N) is 1. The van der Waals surface area contributed by atoms with E-state index >= 15 is 0 Å². The van der Waals surface area contributed by atoms with Crippen LogP contribution in [0.1, 0.15) is 27.9 Å². The number of aliphatic carboxylic acids is 1. The summed E-state index contributed by atoms with van der Waals surface area (Å²) in [5.41, 5.74) is 0.745. The van der Waals surface area contributed by atoms with E-state index in [1.165, 1.54) is 6.07 Å². The van der Waals surface area contributed by atoms with Crippen LogP contribution in [0, 0.1) is 17.0 Å². The Morgan fingerprint density at radius 3 is 2.50 bits per heavy atom. The van der Waals surface area contributed by atoms with Crippen molar-refractivity contribution in [1.82, 2.24) is 5.32 Å². The second-order valence-corrected chi connectivity index (χ2v) is 5.54. The lowest BCUT2D eigenvalue weighted by Crippen LogP contribution is -2.26. The standard InChI is InChI=1S/C18H18N2O6/c1-12-7-8-14(18(23)19-10-9-15(21)22)16(20(24)25)17(12)26-11-13-5-3-2-4-6-13/h2-8H,9-11H2,1H3,(H,19,23)(H,21,22). The van der Waals surface area contributed by atoms with Gasteiger partial charge in [-0.05, 0) is 24.1 Å². The SMILES string of the molecule is Cc1ccc(C(=O)NCCC(=O)O)c([N+](=O)[O-])c1OCc1ccccc1. The van der Waals surface area contributed by atoms with E-state index in [-0.39, 0.29) is 30.9 Å². The van der Waals surface area contributed by atoms with Crippen molar-refractivity contribution in [2.75, 3.05) is 6.54 Å². The van der Waals surface area contributed by atoms with E-state index < -0.39 is 22.5 Å². The summed E-state index contributed by atoms with van der Waals surface area (Å²) in [4.78, 5) is 33.6. The highest BCUT2D eigenvalue weighted by atomic mass is 16.6. The fourth-order valence-electron chi connectivity index (χ4n) is 2.33. The van der Waals surface area contributed by atoms with Crippen molar-refractivity contribution in [2.45, 2.75) is 20.0 Å². The average molecular weight is 358 g/mol. The van der Waals surface area contributed by atoms with Gasteiger partial charge >= 0.3 is 11.7 Å². The largest absolute Gasteiger partial charge is 0.482 e. The topological polar surface area (TPSA) is 119 Å². The molecule has 0 fully saturated rings. The van der Waals surface area contributed by atoms with Gasteiger partial charge in [-0.2, -0.15) is 0 Å². The number of nitrogens with one attached hydrogen (secondary N) is 1. The van der Waals surface area contributed by atoms with Gasteiger partial charge in [-0.3, -0.25) is 19.7 Å². The number of rotatable bonds is 8. The summed E-state index contributed by atoms with van der Waals surface area (Å²) < 4.78 is 5.63. The number of nitro benzene ring substituents is 1. The van der Waals surface area contributed by atoms with Crippen molar-refractivity contribution >= 4 is 17.6 Å². The van der Waals surface area contributed by atoms with Gasteiger partial charge in [0.05, 0.1) is 11.3 Å². The molecule has 8 heteroatoms.